The van der Waals surface area contributed by atoms with E-state index in [4.69, 9.17) is 10.5 Å². The van der Waals surface area contributed by atoms with Gasteiger partial charge in [-0.05, 0) is 24.6 Å². The summed E-state index contributed by atoms with van der Waals surface area (Å²) in [5.41, 5.74) is 9.09. The lowest BCUT2D eigenvalue weighted by Crippen LogP contribution is -2.14. The zero-order chi connectivity index (χ0) is 14.5. The molecule has 0 bridgehead atoms. The number of ether oxygens (including phenoxy) is 1. The van der Waals surface area contributed by atoms with Gasteiger partial charge in [-0.2, -0.15) is 0 Å². The van der Waals surface area contributed by atoms with E-state index in [0.717, 1.165) is 11.1 Å². The zero-order valence-electron chi connectivity index (χ0n) is 11.6. The maximum Gasteiger partial charge on any atom is 0.228 e. The molecule has 0 spiro atoms. The minimum Gasteiger partial charge on any atom is -0.495 e. The summed E-state index contributed by atoms with van der Waals surface area (Å²) in [6.45, 7) is 2.01. The van der Waals surface area contributed by atoms with E-state index in [1.165, 1.54) is 0 Å². The molecule has 2 aromatic rings. The second kappa shape index (κ2) is 6.10. The topological polar surface area (TPSA) is 64.3 Å². The van der Waals surface area contributed by atoms with Gasteiger partial charge in [-0.1, -0.05) is 29.8 Å². The number of aryl methyl sites for hydroxylation is 1. The lowest BCUT2D eigenvalue weighted by molar-refractivity contribution is -0.115. The number of methoxy groups -OCH3 is 1. The molecule has 0 aliphatic rings. The smallest absolute Gasteiger partial charge is 0.228 e. The fraction of sp³-hybridized carbons (Fsp3) is 0.188. The third-order valence-corrected chi connectivity index (χ3v) is 2.96. The van der Waals surface area contributed by atoms with E-state index in [2.05, 4.69) is 5.32 Å². The van der Waals surface area contributed by atoms with E-state index in [1.807, 2.05) is 31.2 Å². The largest absolute Gasteiger partial charge is 0.495 e. The van der Waals surface area contributed by atoms with Gasteiger partial charge in [0.2, 0.25) is 5.91 Å². The summed E-state index contributed by atoms with van der Waals surface area (Å²) in [5.74, 6) is 0.487. The van der Waals surface area contributed by atoms with Crippen molar-refractivity contribution in [3.05, 3.63) is 53.6 Å². The van der Waals surface area contributed by atoms with Crippen LogP contribution in [0.25, 0.3) is 0 Å². The molecule has 0 aliphatic heterocycles. The summed E-state index contributed by atoms with van der Waals surface area (Å²) in [7, 11) is 1.55. The molecule has 2 rings (SSSR count). The van der Waals surface area contributed by atoms with Crippen LogP contribution >= 0.6 is 0 Å². The van der Waals surface area contributed by atoms with Gasteiger partial charge in [-0.25, -0.2) is 0 Å². The maximum atomic E-state index is 12.0. The Bertz CT molecular complexity index is 624. The molecule has 2 aromatic carbocycles. The second-order valence-corrected chi connectivity index (χ2v) is 4.67. The van der Waals surface area contributed by atoms with Gasteiger partial charge in [-0.3, -0.25) is 4.79 Å². The van der Waals surface area contributed by atoms with Crippen LogP contribution in [0, 0.1) is 6.92 Å². The highest BCUT2D eigenvalue weighted by Gasteiger charge is 2.06. The van der Waals surface area contributed by atoms with E-state index in [-0.39, 0.29) is 5.91 Å². The Hall–Kier alpha value is -2.49. The van der Waals surface area contributed by atoms with E-state index >= 15 is 0 Å². The van der Waals surface area contributed by atoms with E-state index in [1.54, 1.807) is 25.3 Å². The summed E-state index contributed by atoms with van der Waals surface area (Å²) in [6, 6.07) is 13.1. The number of anilines is 2. The highest BCUT2D eigenvalue weighted by Crippen LogP contribution is 2.25. The van der Waals surface area contributed by atoms with Gasteiger partial charge in [0.15, 0.2) is 0 Å². The Morgan fingerprint density at radius 3 is 2.75 bits per heavy atom. The minimum atomic E-state index is -0.0672. The number of carbonyl (C=O) groups excluding carboxylic acids is 1. The number of rotatable bonds is 4. The summed E-state index contributed by atoms with van der Waals surface area (Å²) >= 11 is 0. The first-order chi connectivity index (χ1) is 9.58. The molecule has 0 heterocycles. The average Bonchev–Trinajstić information content (AvgIpc) is 2.41. The number of amides is 1. The summed E-state index contributed by atoms with van der Waals surface area (Å²) < 4.78 is 5.12. The van der Waals surface area contributed by atoms with Crippen molar-refractivity contribution < 1.29 is 9.53 Å². The van der Waals surface area contributed by atoms with Gasteiger partial charge >= 0.3 is 0 Å². The predicted octanol–water partition coefficient (Wildman–Crippen LogP) is 2.77. The number of benzene rings is 2. The van der Waals surface area contributed by atoms with Crippen molar-refractivity contribution in [2.45, 2.75) is 13.3 Å². The zero-order valence-corrected chi connectivity index (χ0v) is 11.6. The number of nitrogens with one attached hydrogen (secondary N) is 1. The van der Waals surface area contributed by atoms with Crippen LogP contribution in [-0.4, -0.2) is 13.0 Å². The number of carbonyl (C=O) groups is 1. The molecule has 4 nitrogen and oxygen atoms in total. The van der Waals surface area contributed by atoms with Crippen molar-refractivity contribution in [1.29, 1.82) is 0 Å². The second-order valence-electron chi connectivity index (χ2n) is 4.67. The van der Waals surface area contributed by atoms with Crippen LogP contribution in [0.1, 0.15) is 11.1 Å². The first-order valence-electron chi connectivity index (χ1n) is 6.37. The van der Waals surface area contributed by atoms with Crippen LogP contribution < -0.4 is 15.8 Å². The summed E-state index contributed by atoms with van der Waals surface area (Å²) in [5, 5.41) is 2.84. The number of hydrogen-bond acceptors (Lipinski definition) is 3. The third-order valence-electron chi connectivity index (χ3n) is 2.96. The SMILES string of the molecule is COc1cc(NC(=O)Cc2cccc(C)c2)ccc1N. The number of hydrogen-bond donors (Lipinski definition) is 2. The Kier molecular flexibility index (Phi) is 4.25. The van der Waals surface area contributed by atoms with Gasteiger partial charge in [0.1, 0.15) is 5.75 Å². The van der Waals surface area contributed by atoms with Crippen molar-refractivity contribution >= 4 is 17.3 Å². The molecule has 0 unspecified atom stereocenters. The molecule has 4 heteroatoms. The summed E-state index contributed by atoms with van der Waals surface area (Å²) in [6.07, 6.45) is 0.342. The van der Waals surface area contributed by atoms with Gasteiger partial charge in [-0.15, -0.1) is 0 Å². The van der Waals surface area contributed by atoms with Crippen molar-refractivity contribution in [2.75, 3.05) is 18.2 Å². The van der Waals surface area contributed by atoms with Crippen LogP contribution in [0.5, 0.6) is 5.75 Å². The van der Waals surface area contributed by atoms with Gasteiger partial charge < -0.3 is 15.8 Å². The van der Waals surface area contributed by atoms with E-state index < -0.39 is 0 Å². The normalized spacial score (nSPS) is 10.1. The van der Waals surface area contributed by atoms with Crippen molar-refractivity contribution in [3.8, 4) is 5.75 Å². The van der Waals surface area contributed by atoms with Gasteiger partial charge in [0.05, 0.1) is 19.2 Å². The molecule has 0 saturated carbocycles. The third kappa shape index (κ3) is 3.51. The monoisotopic (exact) mass is 270 g/mol. The van der Waals surface area contributed by atoms with Gasteiger partial charge in [0.25, 0.3) is 0 Å². The Balaban J connectivity index is 2.04. The lowest BCUT2D eigenvalue weighted by atomic mass is 10.1. The number of nitrogen functional groups attached to an aromatic ring is 1. The Labute approximate surface area is 118 Å². The predicted molar refractivity (Wildman–Crippen MR) is 80.9 cm³/mol. The lowest BCUT2D eigenvalue weighted by Gasteiger charge is -2.09. The molecule has 104 valence electrons. The average molecular weight is 270 g/mol. The van der Waals surface area contributed by atoms with E-state index in [9.17, 15) is 4.79 Å². The Morgan fingerprint density at radius 1 is 1.25 bits per heavy atom. The number of nitrogens with two attached hydrogens (primary N) is 1. The molecule has 1 amide bonds. The van der Waals surface area contributed by atoms with E-state index in [0.29, 0.717) is 23.5 Å². The molecule has 0 fully saturated rings. The van der Waals surface area contributed by atoms with Gasteiger partial charge in [0, 0.05) is 11.8 Å². The molecular formula is C16H18N2O2. The summed E-state index contributed by atoms with van der Waals surface area (Å²) in [4.78, 5) is 12.0. The van der Waals surface area contributed by atoms with Crippen molar-refractivity contribution in [1.82, 2.24) is 0 Å². The highest BCUT2D eigenvalue weighted by atomic mass is 16.5. The molecule has 0 atom stereocenters. The van der Waals surface area contributed by atoms with Crippen LogP contribution in [-0.2, 0) is 11.2 Å². The fourth-order valence-electron chi connectivity index (χ4n) is 2.00. The standard InChI is InChI=1S/C16H18N2O2/c1-11-4-3-5-12(8-11)9-16(19)18-13-6-7-14(17)15(10-13)20-2/h3-8,10H,9,17H2,1-2H3,(H,18,19). The minimum absolute atomic E-state index is 0.0672. The first kappa shape index (κ1) is 13.9. The molecule has 0 aliphatic carbocycles. The van der Waals surface area contributed by atoms with Crippen molar-refractivity contribution in [2.24, 2.45) is 0 Å². The Morgan fingerprint density at radius 2 is 2.05 bits per heavy atom. The fourth-order valence-corrected chi connectivity index (χ4v) is 2.00. The van der Waals surface area contributed by atoms with Crippen LogP contribution in [0.15, 0.2) is 42.5 Å². The molecule has 3 N–H and O–H groups in total. The van der Waals surface area contributed by atoms with Crippen LogP contribution in [0.4, 0.5) is 11.4 Å². The highest BCUT2D eigenvalue weighted by molar-refractivity contribution is 5.92. The van der Waals surface area contributed by atoms with Crippen LogP contribution in [0.3, 0.4) is 0 Å². The first-order valence-corrected chi connectivity index (χ1v) is 6.37. The quantitative estimate of drug-likeness (QED) is 0.840. The molecule has 0 saturated heterocycles. The van der Waals surface area contributed by atoms with Crippen LogP contribution in [0.2, 0.25) is 0 Å². The van der Waals surface area contributed by atoms with Crippen molar-refractivity contribution in [3.63, 3.8) is 0 Å². The molecule has 20 heavy (non-hydrogen) atoms. The molecule has 0 aromatic heterocycles. The molecular weight excluding hydrogens is 252 g/mol. The molecule has 0 radical (unpaired) electrons. The maximum absolute atomic E-state index is 12.0.